The molecule has 0 N–H and O–H groups in total. The highest BCUT2D eigenvalue weighted by molar-refractivity contribution is 5.78. The highest BCUT2D eigenvalue weighted by atomic mass is 16.5. The smallest absolute Gasteiger partial charge is 0.314 e. The van der Waals surface area contributed by atoms with Crippen molar-refractivity contribution in [2.24, 2.45) is 5.92 Å². The van der Waals surface area contributed by atoms with E-state index in [1.807, 2.05) is 30.3 Å². The van der Waals surface area contributed by atoms with Crippen LogP contribution in [0.25, 0.3) is 0 Å². The Kier molecular flexibility index (Phi) is 6.21. The summed E-state index contributed by atoms with van der Waals surface area (Å²) in [5.41, 5.74) is 1.03. The van der Waals surface area contributed by atoms with Gasteiger partial charge < -0.3 is 14.4 Å². The lowest BCUT2D eigenvalue weighted by atomic mass is 9.94. The maximum absolute atomic E-state index is 12.1. The summed E-state index contributed by atoms with van der Waals surface area (Å²) >= 11 is 0. The van der Waals surface area contributed by atoms with E-state index in [0.29, 0.717) is 5.92 Å². The molecule has 1 aromatic rings. The van der Waals surface area contributed by atoms with Crippen molar-refractivity contribution in [3.05, 3.63) is 35.9 Å². The van der Waals surface area contributed by atoms with E-state index < -0.39 is 0 Å². The van der Waals surface area contributed by atoms with Crippen LogP contribution in [0.2, 0.25) is 0 Å². The average Bonchev–Trinajstić information content (AvgIpc) is 2.53. The first-order valence-electron chi connectivity index (χ1n) is 7.58. The number of carbonyl (C=O) groups excluding carboxylic acids is 1. The summed E-state index contributed by atoms with van der Waals surface area (Å²) in [5, 5.41) is 0. The fourth-order valence-electron chi connectivity index (χ4n) is 3.09. The summed E-state index contributed by atoms with van der Waals surface area (Å²) in [6.45, 7) is 3.55. The number of esters is 1. The molecule has 1 saturated heterocycles. The SMILES string of the molecule is COCC1CCCN(CC(C(=O)OC)c2ccccc2)C1. The van der Waals surface area contributed by atoms with Crippen LogP contribution in [0.1, 0.15) is 24.3 Å². The molecule has 4 heteroatoms. The van der Waals surface area contributed by atoms with E-state index in [-0.39, 0.29) is 11.9 Å². The number of rotatable bonds is 6. The number of methoxy groups -OCH3 is 2. The van der Waals surface area contributed by atoms with Gasteiger partial charge in [-0.15, -0.1) is 0 Å². The Bertz CT molecular complexity index is 433. The van der Waals surface area contributed by atoms with Crippen molar-refractivity contribution in [3.8, 4) is 0 Å². The van der Waals surface area contributed by atoms with Gasteiger partial charge in [-0.3, -0.25) is 4.79 Å². The third kappa shape index (κ3) is 4.55. The van der Waals surface area contributed by atoms with Gasteiger partial charge in [0.1, 0.15) is 0 Å². The minimum atomic E-state index is -0.211. The van der Waals surface area contributed by atoms with Gasteiger partial charge in [-0.25, -0.2) is 0 Å². The van der Waals surface area contributed by atoms with Gasteiger partial charge in [-0.05, 0) is 30.9 Å². The van der Waals surface area contributed by atoms with Crippen LogP contribution in [0, 0.1) is 5.92 Å². The number of benzene rings is 1. The van der Waals surface area contributed by atoms with Crippen LogP contribution in [-0.4, -0.2) is 51.3 Å². The topological polar surface area (TPSA) is 38.8 Å². The van der Waals surface area contributed by atoms with E-state index in [1.54, 1.807) is 7.11 Å². The van der Waals surface area contributed by atoms with E-state index in [2.05, 4.69) is 4.90 Å². The molecule has 1 aliphatic heterocycles. The largest absolute Gasteiger partial charge is 0.469 e. The second-order valence-corrected chi connectivity index (χ2v) is 5.71. The minimum absolute atomic E-state index is 0.157. The molecular weight excluding hydrogens is 266 g/mol. The predicted molar refractivity (Wildman–Crippen MR) is 82.2 cm³/mol. The Morgan fingerprint density at radius 3 is 2.76 bits per heavy atom. The number of hydrogen-bond acceptors (Lipinski definition) is 4. The molecule has 1 aromatic carbocycles. The first kappa shape index (κ1) is 16.0. The van der Waals surface area contributed by atoms with Crippen LogP contribution >= 0.6 is 0 Å². The molecular formula is C17H25NO3. The number of likely N-dealkylation sites (tertiary alicyclic amines) is 1. The third-order valence-electron chi connectivity index (χ3n) is 4.13. The summed E-state index contributed by atoms with van der Waals surface area (Å²) in [6.07, 6.45) is 2.37. The quantitative estimate of drug-likeness (QED) is 0.754. The van der Waals surface area contributed by atoms with Crippen molar-refractivity contribution >= 4 is 5.97 Å². The van der Waals surface area contributed by atoms with Crippen LogP contribution in [-0.2, 0) is 14.3 Å². The van der Waals surface area contributed by atoms with Crippen LogP contribution in [0.15, 0.2) is 30.3 Å². The summed E-state index contributed by atoms with van der Waals surface area (Å²) in [5.74, 6) is 0.199. The third-order valence-corrected chi connectivity index (χ3v) is 4.13. The van der Waals surface area contributed by atoms with Crippen LogP contribution in [0.3, 0.4) is 0 Å². The van der Waals surface area contributed by atoms with Crippen LogP contribution < -0.4 is 0 Å². The predicted octanol–water partition coefficient (Wildman–Crippen LogP) is 2.30. The van der Waals surface area contributed by atoms with Gasteiger partial charge >= 0.3 is 5.97 Å². The number of carbonyl (C=O) groups is 1. The van der Waals surface area contributed by atoms with Gasteiger partial charge in [-0.2, -0.15) is 0 Å². The highest BCUT2D eigenvalue weighted by Crippen LogP contribution is 2.23. The summed E-state index contributed by atoms with van der Waals surface area (Å²) in [6, 6.07) is 9.90. The Balaban J connectivity index is 2.03. The zero-order valence-corrected chi connectivity index (χ0v) is 13.0. The fraction of sp³-hybridized carbons (Fsp3) is 0.588. The molecule has 0 saturated carbocycles. The zero-order chi connectivity index (χ0) is 15.1. The summed E-state index contributed by atoms with van der Waals surface area (Å²) < 4.78 is 10.3. The molecule has 2 atom stereocenters. The van der Waals surface area contributed by atoms with Crippen molar-refractivity contribution in [1.82, 2.24) is 4.90 Å². The van der Waals surface area contributed by atoms with Crippen molar-refractivity contribution in [2.45, 2.75) is 18.8 Å². The van der Waals surface area contributed by atoms with Crippen molar-refractivity contribution in [2.75, 3.05) is 40.5 Å². The Morgan fingerprint density at radius 2 is 2.10 bits per heavy atom. The number of nitrogens with zero attached hydrogens (tertiary/aromatic N) is 1. The van der Waals surface area contributed by atoms with Crippen molar-refractivity contribution in [3.63, 3.8) is 0 Å². The Hall–Kier alpha value is -1.39. The lowest BCUT2D eigenvalue weighted by molar-refractivity contribution is -0.143. The molecule has 0 spiro atoms. The normalized spacial score (nSPS) is 21.0. The number of piperidine rings is 1. The molecule has 0 radical (unpaired) electrons. The molecule has 4 nitrogen and oxygen atoms in total. The first-order chi connectivity index (χ1) is 10.2. The lowest BCUT2D eigenvalue weighted by Gasteiger charge is -2.34. The van der Waals surface area contributed by atoms with Crippen molar-refractivity contribution in [1.29, 1.82) is 0 Å². The van der Waals surface area contributed by atoms with Crippen LogP contribution in [0.4, 0.5) is 0 Å². The molecule has 1 heterocycles. The zero-order valence-electron chi connectivity index (χ0n) is 13.0. The Morgan fingerprint density at radius 1 is 1.33 bits per heavy atom. The molecule has 0 aromatic heterocycles. The van der Waals surface area contributed by atoms with E-state index in [4.69, 9.17) is 9.47 Å². The molecule has 0 amide bonds. The summed E-state index contributed by atoms with van der Waals surface area (Å²) in [7, 11) is 3.21. The molecule has 1 aliphatic rings. The van der Waals surface area contributed by atoms with Gasteiger partial charge in [0.15, 0.2) is 0 Å². The van der Waals surface area contributed by atoms with Gasteiger partial charge in [0, 0.05) is 20.2 Å². The lowest BCUT2D eigenvalue weighted by Crippen LogP contribution is -2.41. The van der Waals surface area contributed by atoms with Crippen LogP contribution in [0.5, 0.6) is 0 Å². The summed E-state index contributed by atoms with van der Waals surface area (Å²) in [4.78, 5) is 14.5. The maximum Gasteiger partial charge on any atom is 0.314 e. The average molecular weight is 291 g/mol. The van der Waals surface area contributed by atoms with E-state index in [0.717, 1.165) is 38.2 Å². The fourth-order valence-corrected chi connectivity index (χ4v) is 3.09. The van der Waals surface area contributed by atoms with Crippen molar-refractivity contribution < 1.29 is 14.3 Å². The standard InChI is InChI=1S/C17H25NO3/c1-20-13-14-7-6-10-18(11-14)12-16(17(19)21-2)15-8-4-3-5-9-15/h3-5,8-9,14,16H,6-7,10-13H2,1-2H3. The number of ether oxygens (including phenoxy) is 2. The molecule has 1 fully saturated rings. The number of hydrogen-bond donors (Lipinski definition) is 0. The first-order valence-corrected chi connectivity index (χ1v) is 7.58. The van der Waals surface area contributed by atoms with E-state index >= 15 is 0 Å². The Labute approximate surface area is 127 Å². The van der Waals surface area contributed by atoms with Gasteiger partial charge in [0.25, 0.3) is 0 Å². The minimum Gasteiger partial charge on any atom is -0.469 e. The molecule has 116 valence electrons. The molecule has 0 aliphatic carbocycles. The monoisotopic (exact) mass is 291 g/mol. The second kappa shape index (κ2) is 8.15. The van der Waals surface area contributed by atoms with Gasteiger partial charge in [0.2, 0.25) is 0 Å². The van der Waals surface area contributed by atoms with Gasteiger partial charge in [-0.1, -0.05) is 30.3 Å². The maximum atomic E-state index is 12.1. The molecule has 2 unspecified atom stereocenters. The van der Waals surface area contributed by atoms with Gasteiger partial charge in [0.05, 0.1) is 19.6 Å². The van der Waals surface area contributed by atoms with E-state index in [9.17, 15) is 4.79 Å². The molecule has 2 rings (SSSR count). The van der Waals surface area contributed by atoms with E-state index in [1.165, 1.54) is 13.5 Å². The molecule has 21 heavy (non-hydrogen) atoms. The molecule has 0 bridgehead atoms. The second-order valence-electron chi connectivity index (χ2n) is 5.71. The highest BCUT2D eigenvalue weighted by Gasteiger charge is 2.27.